The Morgan fingerprint density at radius 3 is 3.00 bits per heavy atom. The van der Waals surface area contributed by atoms with Crippen LogP contribution in [0.2, 0.25) is 0 Å². The van der Waals surface area contributed by atoms with Gasteiger partial charge in [0.05, 0.1) is 5.92 Å². The zero-order valence-electron chi connectivity index (χ0n) is 10.5. The summed E-state index contributed by atoms with van der Waals surface area (Å²) in [6, 6.07) is 8.07. The molecular weight excluding hydrogens is 228 g/mol. The third-order valence-corrected chi connectivity index (χ3v) is 3.19. The summed E-state index contributed by atoms with van der Waals surface area (Å²) in [7, 11) is 0. The molecule has 2 N–H and O–H groups in total. The Balaban J connectivity index is 1.83. The van der Waals surface area contributed by atoms with Crippen molar-refractivity contribution < 1.29 is 9.59 Å². The summed E-state index contributed by atoms with van der Waals surface area (Å²) in [6.07, 6.45) is 1.09. The van der Waals surface area contributed by atoms with Crippen molar-refractivity contribution in [2.24, 2.45) is 5.92 Å². The molecule has 0 bridgehead atoms. The van der Waals surface area contributed by atoms with E-state index in [0.29, 0.717) is 25.9 Å². The molecule has 1 aromatic carbocycles. The molecule has 96 valence electrons. The largest absolute Gasteiger partial charge is 0.355 e. The highest BCUT2D eigenvalue weighted by atomic mass is 16.2. The van der Waals surface area contributed by atoms with Crippen molar-refractivity contribution in [3.05, 3.63) is 35.4 Å². The highest BCUT2D eigenvalue weighted by Gasteiger charge is 2.23. The SMILES string of the molecule is Cc1cccc(CNC(=O)C2CCC(=O)NC2)c1. The molecule has 1 heterocycles. The highest BCUT2D eigenvalue weighted by Crippen LogP contribution is 2.11. The molecule has 0 spiro atoms. The molecule has 2 amide bonds. The summed E-state index contributed by atoms with van der Waals surface area (Å²) < 4.78 is 0. The summed E-state index contributed by atoms with van der Waals surface area (Å²) in [6.45, 7) is 3.03. The Bertz CT molecular complexity index is 447. The van der Waals surface area contributed by atoms with Crippen molar-refractivity contribution in [2.75, 3.05) is 6.54 Å². The third-order valence-electron chi connectivity index (χ3n) is 3.19. The first-order chi connectivity index (χ1) is 8.65. The predicted molar refractivity (Wildman–Crippen MR) is 68.8 cm³/mol. The van der Waals surface area contributed by atoms with Gasteiger partial charge in [-0.15, -0.1) is 0 Å². The minimum absolute atomic E-state index is 0.0245. The normalized spacial score (nSPS) is 19.2. The van der Waals surface area contributed by atoms with Gasteiger partial charge in [0, 0.05) is 19.5 Å². The van der Waals surface area contributed by atoms with Crippen LogP contribution in [0.1, 0.15) is 24.0 Å². The van der Waals surface area contributed by atoms with Crippen LogP contribution in [0.5, 0.6) is 0 Å². The van der Waals surface area contributed by atoms with Gasteiger partial charge in [-0.1, -0.05) is 29.8 Å². The lowest BCUT2D eigenvalue weighted by Gasteiger charge is -2.21. The monoisotopic (exact) mass is 246 g/mol. The van der Waals surface area contributed by atoms with Gasteiger partial charge in [-0.05, 0) is 18.9 Å². The quantitative estimate of drug-likeness (QED) is 0.840. The zero-order valence-corrected chi connectivity index (χ0v) is 10.5. The summed E-state index contributed by atoms with van der Waals surface area (Å²) >= 11 is 0. The molecular formula is C14H18N2O2. The number of benzene rings is 1. The number of carbonyl (C=O) groups is 2. The van der Waals surface area contributed by atoms with Crippen LogP contribution >= 0.6 is 0 Å². The van der Waals surface area contributed by atoms with Crippen molar-refractivity contribution >= 4 is 11.8 Å². The average molecular weight is 246 g/mol. The van der Waals surface area contributed by atoms with Gasteiger partial charge < -0.3 is 10.6 Å². The molecule has 0 radical (unpaired) electrons. The standard InChI is InChI=1S/C14H18N2O2/c1-10-3-2-4-11(7-10)8-16-14(18)12-5-6-13(17)15-9-12/h2-4,7,12H,5-6,8-9H2,1H3,(H,15,17)(H,16,18). The van der Waals surface area contributed by atoms with Gasteiger partial charge in [0.25, 0.3) is 0 Å². The summed E-state index contributed by atoms with van der Waals surface area (Å²) in [5.41, 5.74) is 2.29. The van der Waals surface area contributed by atoms with Crippen molar-refractivity contribution in [3.63, 3.8) is 0 Å². The number of aryl methyl sites for hydroxylation is 1. The molecule has 2 rings (SSSR count). The Kier molecular flexibility index (Phi) is 3.97. The zero-order chi connectivity index (χ0) is 13.0. The molecule has 4 heteroatoms. The van der Waals surface area contributed by atoms with Crippen LogP contribution in [-0.2, 0) is 16.1 Å². The lowest BCUT2D eigenvalue weighted by Crippen LogP contribution is -2.42. The van der Waals surface area contributed by atoms with Crippen molar-refractivity contribution in [1.82, 2.24) is 10.6 Å². The highest BCUT2D eigenvalue weighted by molar-refractivity contribution is 5.83. The molecule has 1 aromatic rings. The topological polar surface area (TPSA) is 58.2 Å². The minimum atomic E-state index is -0.0903. The van der Waals surface area contributed by atoms with Crippen LogP contribution < -0.4 is 10.6 Å². The third kappa shape index (κ3) is 3.32. The Morgan fingerprint density at radius 1 is 1.50 bits per heavy atom. The first-order valence-electron chi connectivity index (χ1n) is 6.25. The average Bonchev–Trinajstić information content (AvgIpc) is 2.37. The fourth-order valence-electron chi connectivity index (χ4n) is 2.11. The van der Waals surface area contributed by atoms with Crippen molar-refractivity contribution in [3.8, 4) is 0 Å². The second-order valence-electron chi connectivity index (χ2n) is 4.75. The van der Waals surface area contributed by atoms with Crippen molar-refractivity contribution in [2.45, 2.75) is 26.3 Å². The second-order valence-corrected chi connectivity index (χ2v) is 4.75. The van der Waals surface area contributed by atoms with Crippen molar-refractivity contribution in [1.29, 1.82) is 0 Å². The Labute approximate surface area is 107 Å². The summed E-state index contributed by atoms with van der Waals surface area (Å²) in [5.74, 6) is -0.0262. The van der Waals surface area contributed by atoms with Gasteiger partial charge in [0.1, 0.15) is 0 Å². The smallest absolute Gasteiger partial charge is 0.225 e. The number of hydrogen-bond acceptors (Lipinski definition) is 2. The first-order valence-corrected chi connectivity index (χ1v) is 6.25. The maximum Gasteiger partial charge on any atom is 0.225 e. The number of carbonyl (C=O) groups excluding carboxylic acids is 2. The summed E-state index contributed by atoms with van der Waals surface area (Å²) in [4.78, 5) is 22.9. The van der Waals surface area contributed by atoms with E-state index in [9.17, 15) is 9.59 Å². The fraction of sp³-hybridized carbons (Fsp3) is 0.429. The molecule has 0 saturated carbocycles. The van der Waals surface area contributed by atoms with Gasteiger partial charge in [-0.25, -0.2) is 0 Å². The molecule has 1 aliphatic rings. The van der Waals surface area contributed by atoms with Gasteiger partial charge in [0.2, 0.25) is 11.8 Å². The molecule has 1 unspecified atom stereocenters. The number of hydrogen-bond donors (Lipinski definition) is 2. The van der Waals surface area contributed by atoms with E-state index in [-0.39, 0.29) is 17.7 Å². The molecule has 4 nitrogen and oxygen atoms in total. The van der Waals surface area contributed by atoms with E-state index < -0.39 is 0 Å². The van der Waals surface area contributed by atoms with Gasteiger partial charge in [0.15, 0.2) is 0 Å². The van der Waals surface area contributed by atoms with E-state index >= 15 is 0 Å². The van der Waals surface area contributed by atoms with Crippen LogP contribution in [-0.4, -0.2) is 18.4 Å². The second kappa shape index (κ2) is 5.67. The molecule has 0 aliphatic carbocycles. The number of amides is 2. The number of piperidine rings is 1. The predicted octanol–water partition coefficient (Wildman–Crippen LogP) is 1.14. The number of rotatable bonds is 3. The van der Waals surface area contributed by atoms with E-state index in [2.05, 4.69) is 16.7 Å². The van der Waals surface area contributed by atoms with Gasteiger partial charge in [-0.2, -0.15) is 0 Å². The van der Waals surface area contributed by atoms with E-state index in [1.165, 1.54) is 5.56 Å². The van der Waals surface area contributed by atoms with Crippen LogP contribution in [0.25, 0.3) is 0 Å². The maximum absolute atomic E-state index is 11.9. The lowest BCUT2D eigenvalue weighted by atomic mass is 9.98. The first kappa shape index (κ1) is 12.6. The van der Waals surface area contributed by atoms with Crippen LogP contribution in [0.4, 0.5) is 0 Å². The molecule has 1 saturated heterocycles. The summed E-state index contributed by atoms with van der Waals surface area (Å²) in [5, 5.41) is 5.64. The fourth-order valence-corrected chi connectivity index (χ4v) is 2.11. The molecule has 1 aliphatic heterocycles. The maximum atomic E-state index is 11.9. The Hall–Kier alpha value is -1.84. The molecule has 18 heavy (non-hydrogen) atoms. The molecule has 0 aromatic heterocycles. The van der Waals surface area contributed by atoms with E-state index in [1.807, 2.05) is 25.1 Å². The number of nitrogens with one attached hydrogen (secondary N) is 2. The molecule has 1 atom stereocenters. The Morgan fingerprint density at radius 2 is 2.33 bits per heavy atom. The van der Waals surface area contributed by atoms with E-state index in [4.69, 9.17) is 0 Å². The van der Waals surface area contributed by atoms with Gasteiger partial charge in [-0.3, -0.25) is 9.59 Å². The van der Waals surface area contributed by atoms with Crippen LogP contribution in [0, 0.1) is 12.8 Å². The van der Waals surface area contributed by atoms with E-state index in [0.717, 1.165) is 5.56 Å². The molecule has 1 fully saturated rings. The minimum Gasteiger partial charge on any atom is -0.355 e. The van der Waals surface area contributed by atoms with E-state index in [1.54, 1.807) is 0 Å². The lowest BCUT2D eigenvalue weighted by molar-refractivity contribution is -0.129. The van der Waals surface area contributed by atoms with Gasteiger partial charge >= 0.3 is 0 Å². The van der Waals surface area contributed by atoms with Crippen LogP contribution in [0.15, 0.2) is 24.3 Å². The van der Waals surface area contributed by atoms with Crippen LogP contribution in [0.3, 0.4) is 0 Å².